The Morgan fingerprint density at radius 2 is 1.95 bits per heavy atom. The second-order valence-electron chi connectivity index (χ2n) is 4.89. The molecule has 0 bridgehead atoms. The van der Waals surface area contributed by atoms with Crippen molar-refractivity contribution in [3.05, 3.63) is 70.5 Å². The van der Waals surface area contributed by atoms with Gasteiger partial charge < -0.3 is 5.32 Å². The molecular weight excluding hydrogens is 273 g/mol. The topological polar surface area (TPSA) is 12.0 Å². The first-order valence-electron chi connectivity index (χ1n) is 6.89. The minimum atomic E-state index is -0.185. The van der Waals surface area contributed by atoms with E-state index in [1.165, 1.54) is 11.6 Å². The Bertz CT molecular complexity index is 556. The summed E-state index contributed by atoms with van der Waals surface area (Å²) in [5.41, 5.74) is 2.19. The number of hydrogen-bond donors (Lipinski definition) is 1. The van der Waals surface area contributed by atoms with Crippen LogP contribution >= 0.6 is 11.6 Å². The van der Waals surface area contributed by atoms with Crippen LogP contribution in [0.5, 0.6) is 0 Å². The molecule has 0 amide bonds. The van der Waals surface area contributed by atoms with Gasteiger partial charge in [0.25, 0.3) is 0 Å². The van der Waals surface area contributed by atoms with Gasteiger partial charge in [0.1, 0.15) is 5.82 Å². The summed E-state index contributed by atoms with van der Waals surface area (Å²) in [4.78, 5) is 0. The summed E-state index contributed by atoms with van der Waals surface area (Å²) in [5.74, 6) is 0.0548. The summed E-state index contributed by atoms with van der Waals surface area (Å²) in [7, 11) is 0. The van der Waals surface area contributed by atoms with Gasteiger partial charge in [0.2, 0.25) is 0 Å². The number of rotatable bonds is 6. The average molecular weight is 292 g/mol. The Morgan fingerprint density at radius 3 is 2.65 bits per heavy atom. The van der Waals surface area contributed by atoms with Crippen LogP contribution in [-0.2, 0) is 6.42 Å². The number of benzene rings is 2. The van der Waals surface area contributed by atoms with Crippen LogP contribution in [0.2, 0.25) is 5.02 Å². The molecule has 0 saturated heterocycles. The van der Waals surface area contributed by atoms with Crippen molar-refractivity contribution < 1.29 is 4.39 Å². The molecule has 0 aromatic heterocycles. The monoisotopic (exact) mass is 291 g/mol. The summed E-state index contributed by atoms with van der Waals surface area (Å²) < 4.78 is 13.4. The molecule has 0 heterocycles. The lowest BCUT2D eigenvalue weighted by molar-refractivity contribution is 0.583. The van der Waals surface area contributed by atoms with Crippen LogP contribution in [0, 0.1) is 5.82 Å². The molecule has 2 aromatic rings. The summed E-state index contributed by atoms with van der Waals surface area (Å²) in [5, 5.41) is 4.09. The van der Waals surface area contributed by atoms with Gasteiger partial charge in [-0.15, -0.1) is 0 Å². The maximum absolute atomic E-state index is 13.4. The predicted octanol–water partition coefficient (Wildman–Crippen LogP) is 4.41. The van der Waals surface area contributed by atoms with Crippen molar-refractivity contribution in [3.8, 4) is 0 Å². The molecule has 1 unspecified atom stereocenters. The zero-order chi connectivity index (χ0) is 14.4. The van der Waals surface area contributed by atoms with Crippen LogP contribution in [0.25, 0.3) is 0 Å². The molecule has 0 aliphatic carbocycles. The molecule has 2 rings (SSSR count). The highest BCUT2D eigenvalue weighted by atomic mass is 35.5. The highest BCUT2D eigenvalue weighted by Gasteiger charge is 2.13. The van der Waals surface area contributed by atoms with Crippen molar-refractivity contribution in [1.29, 1.82) is 0 Å². The van der Waals surface area contributed by atoms with E-state index in [4.69, 9.17) is 11.6 Å². The first-order chi connectivity index (χ1) is 9.69. The lowest BCUT2D eigenvalue weighted by Gasteiger charge is -2.18. The minimum absolute atomic E-state index is 0.185. The zero-order valence-electron chi connectivity index (χ0n) is 11.6. The van der Waals surface area contributed by atoms with E-state index in [1.54, 1.807) is 12.1 Å². The molecule has 1 nitrogen and oxygen atoms in total. The summed E-state index contributed by atoms with van der Waals surface area (Å²) in [6.45, 7) is 3.80. The van der Waals surface area contributed by atoms with Gasteiger partial charge in [-0.3, -0.25) is 0 Å². The van der Waals surface area contributed by atoms with Gasteiger partial charge in [0.05, 0.1) is 0 Å². The van der Waals surface area contributed by atoms with E-state index in [-0.39, 0.29) is 11.7 Å². The van der Waals surface area contributed by atoms with E-state index in [1.807, 2.05) is 24.3 Å². The molecule has 3 heteroatoms. The second kappa shape index (κ2) is 7.41. The maximum Gasteiger partial charge on any atom is 0.123 e. The third kappa shape index (κ3) is 4.32. The van der Waals surface area contributed by atoms with Crippen molar-refractivity contribution in [2.75, 3.05) is 13.1 Å². The van der Waals surface area contributed by atoms with Gasteiger partial charge >= 0.3 is 0 Å². The van der Waals surface area contributed by atoms with Gasteiger partial charge in [0, 0.05) is 17.5 Å². The molecule has 20 heavy (non-hydrogen) atoms. The first kappa shape index (κ1) is 15.0. The van der Waals surface area contributed by atoms with Crippen LogP contribution in [0.4, 0.5) is 4.39 Å². The molecule has 0 radical (unpaired) electrons. The van der Waals surface area contributed by atoms with Crippen LogP contribution < -0.4 is 5.32 Å². The van der Waals surface area contributed by atoms with Crippen molar-refractivity contribution in [2.24, 2.45) is 0 Å². The fraction of sp³-hybridized carbons (Fsp3) is 0.294. The first-order valence-corrected chi connectivity index (χ1v) is 7.27. The largest absolute Gasteiger partial charge is 0.316 e. The molecular formula is C17H19ClFN. The van der Waals surface area contributed by atoms with Gasteiger partial charge in [-0.1, -0.05) is 42.8 Å². The van der Waals surface area contributed by atoms with Crippen molar-refractivity contribution >= 4 is 11.6 Å². The van der Waals surface area contributed by atoms with E-state index < -0.39 is 0 Å². The summed E-state index contributed by atoms with van der Waals surface area (Å²) >= 11 is 6.03. The maximum atomic E-state index is 13.4. The van der Waals surface area contributed by atoms with Gasteiger partial charge in [-0.05, 0) is 48.4 Å². The van der Waals surface area contributed by atoms with E-state index in [0.717, 1.165) is 30.1 Å². The fourth-order valence-corrected chi connectivity index (χ4v) is 2.55. The molecule has 0 aliphatic heterocycles. The molecule has 1 atom stereocenters. The normalized spacial score (nSPS) is 12.3. The van der Waals surface area contributed by atoms with Gasteiger partial charge in [-0.25, -0.2) is 4.39 Å². The van der Waals surface area contributed by atoms with Crippen LogP contribution in [0.3, 0.4) is 0 Å². The molecule has 0 spiro atoms. The third-order valence-electron chi connectivity index (χ3n) is 3.33. The van der Waals surface area contributed by atoms with Crippen LogP contribution in [-0.4, -0.2) is 13.1 Å². The van der Waals surface area contributed by atoms with Crippen molar-refractivity contribution in [1.82, 2.24) is 5.32 Å². The summed E-state index contributed by atoms with van der Waals surface area (Å²) in [6, 6.07) is 14.7. The highest BCUT2D eigenvalue weighted by Crippen LogP contribution is 2.22. The molecule has 0 fully saturated rings. The molecule has 0 aliphatic rings. The molecule has 0 saturated carbocycles. The van der Waals surface area contributed by atoms with E-state index in [0.29, 0.717) is 0 Å². The van der Waals surface area contributed by atoms with Gasteiger partial charge in [-0.2, -0.15) is 0 Å². The number of likely N-dealkylation sites (N-methyl/N-ethyl adjacent to an activating group) is 1. The van der Waals surface area contributed by atoms with E-state index >= 15 is 0 Å². The molecule has 1 N–H and O–H groups in total. The van der Waals surface area contributed by atoms with Crippen LogP contribution in [0.15, 0.2) is 48.5 Å². The minimum Gasteiger partial charge on any atom is -0.316 e. The zero-order valence-corrected chi connectivity index (χ0v) is 12.3. The van der Waals surface area contributed by atoms with E-state index in [9.17, 15) is 4.39 Å². The SMILES string of the molecule is CCNCC(Cc1cccc(Cl)c1)c1cccc(F)c1. The standard InChI is InChI=1S/C17H19ClFN/c1-2-20-12-15(14-6-4-8-17(19)11-14)9-13-5-3-7-16(18)10-13/h3-8,10-11,15,20H,2,9,12H2,1H3. The Hall–Kier alpha value is -1.38. The van der Waals surface area contributed by atoms with Gasteiger partial charge in [0.15, 0.2) is 0 Å². The number of halogens is 2. The Balaban J connectivity index is 2.19. The van der Waals surface area contributed by atoms with Crippen LogP contribution in [0.1, 0.15) is 24.0 Å². The molecule has 106 valence electrons. The van der Waals surface area contributed by atoms with Crippen molar-refractivity contribution in [3.63, 3.8) is 0 Å². The van der Waals surface area contributed by atoms with Crippen molar-refractivity contribution in [2.45, 2.75) is 19.3 Å². The highest BCUT2D eigenvalue weighted by molar-refractivity contribution is 6.30. The quantitative estimate of drug-likeness (QED) is 0.831. The predicted molar refractivity (Wildman–Crippen MR) is 82.8 cm³/mol. The summed E-state index contributed by atoms with van der Waals surface area (Å²) in [6.07, 6.45) is 0.844. The molecule has 2 aromatic carbocycles. The fourth-order valence-electron chi connectivity index (χ4n) is 2.34. The smallest absolute Gasteiger partial charge is 0.123 e. The second-order valence-corrected chi connectivity index (χ2v) is 5.33. The Kier molecular flexibility index (Phi) is 5.57. The number of nitrogens with one attached hydrogen (secondary N) is 1. The average Bonchev–Trinajstić information content (AvgIpc) is 2.43. The Morgan fingerprint density at radius 1 is 1.15 bits per heavy atom. The number of hydrogen-bond acceptors (Lipinski definition) is 1. The lowest BCUT2D eigenvalue weighted by Crippen LogP contribution is -2.22. The third-order valence-corrected chi connectivity index (χ3v) is 3.57. The Labute approximate surface area is 124 Å². The lowest BCUT2D eigenvalue weighted by atomic mass is 9.92. The van der Waals surface area contributed by atoms with E-state index in [2.05, 4.69) is 18.3 Å².